The molecule has 120 valence electrons. The second-order valence-corrected chi connectivity index (χ2v) is 6.63. The second-order valence-electron chi connectivity index (χ2n) is 6.63. The lowest BCUT2D eigenvalue weighted by Gasteiger charge is -2.43. The minimum absolute atomic E-state index is 0.155. The number of hydrogen-bond donors (Lipinski definition) is 0. The Kier molecular flexibility index (Phi) is 3.45. The smallest absolute Gasteiger partial charge is 0.188 e. The van der Waals surface area contributed by atoms with E-state index < -0.39 is 0 Å². The van der Waals surface area contributed by atoms with Gasteiger partial charge in [0, 0.05) is 39.5 Å². The molecule has 0 amide bonds. The summed E-state index contributed by atoms with van der Waals surface area (Å²) in [6, 6.07) is 10.5. The lowest BCUT2D eigenvalue weighted by Crippen LogP contribution is -2.50. The average molecular weight is 311 g/mol. The van der Waals surface area contributed by atoms with E-state index in [9.17, 15) is 4.79 Å². The van der Waals surface area contributed by atoms with Crippen molar-refractivity contribution in [1.29, 1.82) is 0 Å². The molecule has 0 atom stereocenters. The second kappa shape index (κ2) is 5.49. The van der Waals surface area contributed by atoms with Crippen LogP contribution in [0.4, 0.5) is 0 Å². The molecule has 0 bridgehead atoms. The fraction of sp³-hybridized carbons (Fsp3) is 0.444. The maximum absolute atomic E-state index is 12.5. The summed E-state index contributed by atoms with van der Waals surface area (Å²) in [5.41, 5.74) is 1.61. The van der Waals surface area contributed by atoms with Crippen LogP contribution in [0.3, 0.4) is 0 Å². The lowest BCUT2D eigenvalue weighted by molar-refractivity contribution is -0.0111. The van der Waals surface area contributed by atoms with Crippen LogP contribution in [0.2, 0.25) is 0 Å². The van der Waals surface area contributed by atoms with Gasteiger partial charge in [-0.1, -0.05) is 30.3 Å². The van der Waals surface area contributed by atoms with Crippen LogP contribution >= 0.6 is 0 Å². The number of rotatable bonds is 2. The van der Waals surface area contributed by atoms with Crippen molar-refractivity contribution >= 4 is 5.78 Å². The van der Waals surface area contributed by atoms with Crippen molar-refractivity contribution in [3.63, 3.8) is 0 Å². The van der Waals surface area contributed by atoms with E-state index >= 15 is 0 Å². The summed E-state index contributed by atoms with van der Waals surface area (Å²) in [6.45, 7) is 2.87. The Morgan fingerprint density at radius 2 is 1.96 bits per heavy atom. The number of fused-ring (bicyclic) bond motifs is 1. The molecule has 1 saturated heterocycles. The minimum atomic E-state index is -0.333. The summed E-state index contributed by atoms with van der Waals surface area (Å²) in [4.78, 5) is 14.9. The van der Waals surface area contributed by atoms with Crippen LogP contribution in [0.5, 0.6) is 5.75 Å². The average Bonchev–Trinajstić information content (AvgIpc) is 2.92. The Hall–Kier alpha value is -2.14. The van der Waals surface area contributed by atoms with Crippen LogP contribution < -0.4 is 4.74 Å². The zero-order valence-corrected chi connectivity index (χ0v) is 13.4. The number of benzene rings is 1. The number of carbonyl (C=O) groups is 1. The Bertz CT molecular complexity index is 715. The molecule has 4 rings (SSSR count). The number of piperidine rings is 1. The highest BCUT2D eigenvalue weighted by atomic mass is 16.5. The summed E-state index contributed by atoms with van der Waals surface area (Å²) in [5.74, 6) is 0.808. The van der Waals surface area contributed by atoms with Gasteiger partial charge in [-0.15, -0.1) is 0 Å². The molecule has 2 aliphatic rings. The molecular weight excluding hydrogens is 290 g/mol. The number of likely N-dealkylation sites (tertiary alicyclic amines) is 1. The SMILES string of the molecule is Cn1ncc2c1C(=O)CC1(CCN(Cc3ccccc3)CC1)O2. The Morgan fingerprint density at radius 3 is 2.70 bits per heavy atom. The van der Waals surface area contributed by atoms with Crippen LogP contribution in [0.15, 0.2) is 36.5 Å². The van der Waals surface area contributed by atoms with Gasteiger partial charge in [-0.3, -0.25) is 14.4 Å². The van der Waals surface area contributed by atoms with Gasteiger partial charge in [0.05, 0.1) is 12.6 Å². The topological polar surface area (TPSA) is 47.4 Å². The number of aryl methyl sites for hydroxylation is 1. The lowest BCUT2D eigenvalue weighted by atomic mass is 9.83. The van der Waals surface area contributed by atoms with Crippen LogP contribution in [-0.2, 0) is 13.6 Å². The monoisotopic (exact) mass is 311 g/mol. The Labute approximate surface area is 135 Å². The van der Waals surface area contributed by atoms with Crippen molar-refractivity contribution in [3.05, 3.63) is 47.8 Å². The van der Waals surface area contributed by atoms with Gasteiger partial charge < -0.3 is 4.74 Å². The zero-order chi connectivity index (χ0) is 15.9. The van der Waals surface area contributed by atoms with Gasteiger partial charge in [0.25, 0.3) is 0 Å². The zero-order valence-electron chi connectivity index (χ0n) is 13.4. The number of Topliss-reactive ketones (excluding diaryl/α,β-unsaturated/α-hetero) is 1. The first-order chi connectivity index (χ1) is 11.2. The highest BCUT2D eigenvalue weighted by Gasteiger charge is 2.44. The molecule has 23 heavy (non-hydrogen) atoms. The number of carbonyl (C=O) groups excluding carboxylic acids is 1. The van der Waals surface area contributed by atoms with E-state index in [-0.39, 0.29) is 11.4 Å². The van der Waals surface area contributed by atoms with Crippen molar-refractivity contribution in [2.75, 3.05) is 13.1 Å². The van der Waals surface area contributed by atoms with E-state index in [4.69, 9.17) is 4.74 Å². The standard InChI is InChI=1S/C18H21N3O2/c1-20-17-15(22)11-18(23-16(17)12-19-20)7-9-21(10-8-18)13-14-5-3-2-4-6-14/h2-6,12H,7-11,13H2,1H3. The molecule has 0 aliphatic carbocycles. The van der Waals surface area contributed by atoms with Crippen LogP contribution in [0, 0.1) is 0 Å². The third-order valence-corrected chi connectivity index (χ3v) is 4.99. The van der Waals surface area contributed by atoms with Gasteiger partial charge in [0.2, 0.25) is 0 Å². The summed E-state index contributed by atoms with van der Waals surface area (Å²) >= 11 is 0. The van der Waals surface area contributed by atoms with Gasteiger partial charge in [-0.25, -0.2) is 0 Å². The summed E-state index contributed by atoms with van der Waals surface area (Å²) in [5, 5.41) is 4.16. The summed E-state index contributed by atoms with van der Waals surface area (Å²) < 4.78 is 7.84. The number of ketones is 1. The first-order valence-corrected chi connectivity index (χ1v) is 8.16. The van der Waals surface area contributed by atoms with Crippen molar-refractivity contribution in [3.8, 4) is 5.75 Å². The summed E-state index contributed by atoms with van der Waals surface area (Å²) in [7, 11) is 1.79. The van der Waals surface area contributed by atoms with Gasteiger partial charge in [-0.2, -0.15) is 5.10 Å². The van der Waals surface area contributed by atoms with Crippen molar-refractivity contribution in [2.24, 2.45) is 7.05 Å². The number of aromatic nitrogens is 2. The third kappa shape index (κ3) is 2.65. The molecule has 5 nitrogen and oxygen atoms in total. The van der Waals surface area contributed by atoms with E-state index in [2.05, 4.69) is 34.3 Å². The van der Waals surface area contributed by atoms with E-state index in [1.165, 1.54) is 5.56 Å². The quantitative estimate of drug-likeness (QED) is 0.854. The molecule has 0 saturated carbocycles. The van der Waals surface area contributed by atoms with Gasteiger partial charge in [0.15, 0.2) is 11.5 Å². The van der Waals surface area contributed by atoms with Crippen molar-refractivity contribution in [2.45, 2.75) is 31.4 Å². The first kappa shape index (κ1) is 14.5. The van der Waals surface area contributed by atoms with Crippen LogP contribution in [0.1, 0.15) is 35.3 Å². The molecule has 3 heterocycles. The van der Waals surface area contributed by atoms with E-state index in [1.807, 2.05) is 6.07 Å². The highest BCUT2D eigenvalue weighted by molar-refractivity contribution is 5.98. The first-order valence-electron chi connectivity index (χ1n) is 8.16. The molecule has 1 spiro atoms. The maximum Gasteiger partial charge on any atom is 0.188 e. The molecule has 0 unspecified atom stereocenters. The van der Waals surface area contributed by atoms with Crippen molar-refractivity contribution in [1.82, 2.24) is 14.7 Å². The van der Waals surface area contributed by atoms with Crippen molar-refractivity contribution < 1.29 is 9.53 Å². The van der Waals surface area contributed by atoms with E-state index in [0.29, 0.717) is 17.9 Å². The molecule has 2 aliphatic heterocycles. The normalized spacial score (nSPS) is 20.3. The number of ether oxygens (including phenoxy) is 1. The Balaban J connectivity index is 1.44. The molecular formula is C18H21N3O2. The third-order valence-electron chi connectivity index (χ3n) is 4.99. The van der Waals surface area contributed by atoms with Gasteiger partial charge in [-0.05, 0) is 5.56 Å². The molecule has 1 aromatic carbocycles. The van der Waals surface area contributed by atoms with Gasteiger partial charge in [0.1, 0.15) is 11.3 Å². The predicted octanol–water partition coefficient (Wildman–Crippen LogP) is 2.42. The fourth-order valence-electron chi connectivity index (χ4n) is 3.69. The number of hydrogen-bond acceptors (Lipinski definition) is 4. The molecule has 1 fully saturated rings. The van der Waals surface area contributed by atoms with E-state index in [0.717, 1.165) is 32.5 Å². The minimum Gasteiger partial charge on any atom is -0.483 e. The molecule has 0 N–H and O–H groups in total. The summed E-state index contributed by atoms with van der Waals surface area (Å²) in [6.07, 6.45) is 3.92. The van der Waals surface area contributed by atoms with E-state index in [1.54, 1.807) is 17.9 Å². The number of nitrogens with zero attached hydrogens (tertiary/aromatic N) is 3. The molecule has 1 aromatic heterocycles. The predicted molar refractivity (Wildman–Crippen MR) is 86.5 cm³/mol. The van der Waals surface area contributed by atoms with Crippen LogP contribution in [0.25, 0.3) is 0 Å². The molecule has 0 radical (unpaired) electrons. The van der Waals surface area contributed by atoms with Crippen LogP contribution in [-0.4, -0.2) is 39.2 Å². The largest absolute Gasteiger partial charge is 0.483 e. The Morgan fingerprint density at radius 1 is 1.22 bits per heavy atom. The fourth-order valence-corrected chi connectivity index (χ4v) is 3.69. The molecule has 5 heteroatoms. The highest BCUT2D eigenvalue weighted by Crippen LogP contribution is 2.39. The molecule has 2 aromatic rings. The van der Waals surface area contributed by atoms with Gasteiger partial charge >= 0.3 is 0 Å². The maximum atomic E-state index is 12.5.